The number of ether oxygens (including phenoxy) is 1. The van der Waals surface area contributed by atoms with Crippen LogP contribution in [-0.4, -0.2) is 13.7 Å². The molecule has 0 atom stereocenters. The molecule has 0 fully saturated rings. The van der Waals surface area contributed by atoms with Crippen LogP contribution in [0.1, 0.15) is 18.1 Å². The van der Waals surface area contributed by atoms with E-state index in [0.29, 0.717) is 0 Å². The first-order valence-electron chi connectivity index (χ1n) is 8.95. The predicted molar refractivity (Wildman–Crippen MR) is 111 cm³/mol. The van der Waals surface area contributed by atoms with Crippen molar-refractivity contribution in [3.63, 3.8) is 0 Å². The van der Waals surface area contributed by atoms with E-state index in [2.05, 4.69) is 65.4 Å². The first kappa shape index (κ1) is 19.0. The number of methoxy groups -OCH3 is 1. The molecule has 0 aliphatic rings. The van der Waals surface area contributed by atoms with E-state index < -0.39 is 0 Å². The van der Waals surface area contributed by atoms with Gasteiger partial charge in [-0.15, -0.1) is 0 Å². The van der Waals surface area contributed by atoms with Gasteiger partial charge in [0.2, 0.25) is 5.06 Å². The molecule has 0 unspecified atom stereocenters. The normalized spacial score (nSPS) is 11.1. The molecule has 0 bridgehead atoms. The summed E-state index contributed by atoms with van der Waals surface area (Å²) in [5, 5.41) is 10.4. The number of hydrogen-bond donors (Lipinski definition) is 0. The van der Waals surface area contributed by atoms with Crippen molar-refractivity contribution in [2.45, 2.75) is 20.4 Å². The maximum absolute atomic E-state index is 5.25. The van der Waals surface area contributed by atoms with E-state index in [1.165, 1.54) is 22.6 Å². The van der Waals surface area contributed by atoms with Crippen LogP contribution in [-0.2, 0) is 13.6 Å². The lowest BCUT2D eigenvalue weighted by atomic mass is 10.1. The molecule has 5 nitrogen and oxygen atoms in total. The Bertz CT molecular complexity index is 921. The van der Waals surface area contributed by atoms with Crippen LogP contribution < -0.4 is 14.2 Å². The zero-order chi connectivity index (χ0) is 19.2. The summed E-state index contributed by atoms with van der Waals surface area (Å²) in [7, 11) is 3.59. The number of azo groups is 1. The number of rotatable bonds is 7. The Morgan fingerprint density at radius 2 is 1.89 bits per heavy atom. The Kier molecular flexibility index (Phi) is 6.19. The summed E-state index contributed by atoms with van der Waals surface area (Å²) in [5.41, 5.74) is 4.48. The highest BCUT2D eigenvalue weighted by Gasteiger charge is 2.14. The average molecular weight is 382 g/mol. The van der Waals surface area contributed by atoms with Gasteiger partial charge in [-0.25, -0.2) is 4.57 Å². The summed E-state index contributed by atoms with van der Waals surface area (Å²) >= 11 is 1.47. The van der Waals surface area contributed by atoms with Gasteiger partial charge in [-0.1, -0.05) is 30.3 Å². The molecule has 0 aliphatic carbocycles. The molecule has 1 heterocycles. The molecule has 0 spiro atoms. The molecule has 0 N–H and O–H groups in total. The van der Waals surface area contributed by atoms with Crippen molar-refractivity contribution in [1.82, 2.24) is 0 Å². The number of hydrogen-bond acceptors (Lipinski definition) is 5. The molecule has 0 radical (unpaired) electrons. The average Bonchev–Trinajstić information content (AvgIpc) is 3.06. The number of benzene rings is 2. The number of aromatic nitrogens is 1. The van der Waals surface area contributed by atoms with Crippen molar-refractivity contribution in [3.8, 4) is 5.06 Å². The summed E-state index contributed by atoms with van der Waals surface area (Å²) in [6.45, 7) is 6.09. The maximum atomic E-state index is 5.25. The van der Waals surface area contributed by atoms with E-state index in [1.54, 1.807) is 7.11 Å². The van der Waals surface area contributed by atoms with Gasteiger partial charge >= 0.3 is 5.13 Å². The molecule has 140 valence electrons. The highest BCUT2D eigenvalue weighted by Crippen LogP contribution is 2.30. The molecule has 0 saturated carbocycles. The SMILES string of the molecule is CCN(Cc1ccccc1)c1ccc(N=Nc2sc(OC)c[n+]2C)c(C)c1. The highest BCUT2D eigenvalue weighted by molar-refractivity contribution is 7.16. The van der Waals surface area contributed by atoms with E-state index >= 15 is 0 Å². The molecule has 6 heteroatoms. The third-order valence-corrected chi connectivity index (χ3v) is 5.41. The molecule has 3 rings (SSSR count). The van der Waals surface area contributed by atoms with Gasteiger partial charge in [-0.05, 0) is 59.6 Å². The first-order valence-corrected chi connectivity index (χ1v) is 9.77. The molecule has 2 aromatic carbocycles. The van der Waals surface area contributed by atoms with Crippen molar-refractivity contribution >= 4 is 27.8 Å². The Hall–Kier alpha value is -2.73. The van der Waals surface area contributed by atoms with Crippen LogP contribution >= 0.6 is 11.3 Å². The Morgan fingerprint density at radius 1 is 1.11 bits per heavy atom. The minimum absolute atomic E-state index is 0.801. The van der Waals surface area contributed by atoms with Crippen molar-refractivity contribution in [3.05, 3.63) is 65.9 Å². The van der Waals surface area contributed by atoms with Gasteiger partial charge in [0.1, 0.15) is 11.9 Å². The zero-order valence-corrected chi connectivity index (χ0v) is 17.0. The van der Waals surface area contributed by atoms with Gasteiger partial charge in [0.15, 0.2) is 0 Å². The van der Waals surface area contributed by atoms with Crippen LogP contribution in [0.5, 0.6) is 5.06 Å². The van der Waals surface area contributed by atoms with E-state index in [-0.39, 0.29) is 0 Å². The van der Waals surface area contributed by atoms with E-state index in [4.69, 9.17) is 4.74 Å². The van der Waals surface area contributed by atoms with Crippen molar-refractivity contribution < 1.29 is 9.30 Å². The second-order valence-corrected chi connectivity index (χ2v) is 7.29. The summed E-state index contributed by atoms with van der Waals surface area (Å²) < 4.78 is 7.16. The standard InChI is InChI=1S/C21H25N4OS/c1-5-25(14-17-9-7-6-8-10-17)18-11-12-19(16(2)13-18)22-23-21-24(3)15-20(26-4)27-21/h6-13,15H,5,14H2,1-4H3/q+1. The Labute approximate surface area is 164 Å². The van der Waals surface area contributed by atoms with Gasteiger partial charge in [0.05, 0.1) is 19.3 Å². The van der Waals surface area contributed by atoms with Crippen LogP contribution in [0.4, 0.5) is 16.5 Å². The van der Waals surface area contributed by atoms with Gasteiger partial charge < -0.3 is 9.64 Å². The monoisotopic (exact) mass is 381 g/mol. The summed E-state index contributed by atoms with van der Waals surface area (Å²) in [4.78, 5) is 2.35. The van der Waals surface area contributed by atoms with Gasteiger partial charge in [-0.3, -0.25) is 0 Å². The number of nitrogens with zero attached hydrogens (tertiary/aromatic N) is 4. The Morgan fingerprint density at radius 3 is 2.52 bits per heavy atom. The largest absolute Gasteiger partial charge is 0.484 e. The quantitative estimate of drug-likeness (QED) is 0.410. The molecule has 0 aliphatic heterocycles. The predicted octanol–water partition coefficient (Wildman–Crippen LogP) is 5.33. The lowest BCUT2D eigenvalue weighted by molar-refractivity contribution is -0.654. The lowest BCUT2D eigenvalue weighted by Crippen LogP contribution is -2.23. The van der Waals surface area contributed by atoms with Crippen molar-refractivity contribution in [1.29, 1.82) is 0 Å². The number of anilines is 1. The second kappa shape index (κ2) is 8.77. The lowest BCUT2D eigenvalue weighted by Gasteiger charge is -2.23. The third kappa shape index (κ3) is 4.71. The molecular weight excluding hydrogens is 356 g/mol. The molecule has 0 saturated heterocycles. The van der Waals surface area contributed by atoms with E-state index in [9.17, 15) is 0 Å². The first-order chi connectivity index (χ1) is 13.1. The summed E-state index contributed by atoms with van der Waals surface area (Å²) in [6, 6.07) is 16.9. The van der Waals surface area contributed by atoms with E-state index in [0.717, 1.165) is 34.5 Å². The minimum Gasteiger partial charge on any atom is -0.484 e. The Balaban J connectivity index is 1.78. The van der Waals surface area contributed by atoms with Gasteiger partial charge in [-0.2, -0.15) is 0 Å². The van der Waals surface area contributed by atoms with Crippen LogP contribution in [0.3, 0.4) is 0 Å². The summed E-state index contributed by atoms with van der Waals surface area (Å²) in [5.74, 6) is 0. The van der Waals surface area contributed by atoms with Crippen LogP contribution in [0.25, 0.3) is 0 Å². The fourth-order valence-corrected chi connectivity index (χ4v) is 3.57. The smallest absolute Gasteiger partial charge is 0.411 e. The molecule has 27 heavy (non-hydrogen) atoms. The molecular formula is C21H25N4OS+. The van der Waals surface area contributed by atoms with Crippen molar-refractivity contribution in [2.75, 3.05) is 18.6 Å². The molecule has 0 amide bonds. The fourth-order valence-electron chi connectivity index (χ4n) is 2.82. The molecule has 3 aromatic rings. The van der Waals surface area contributed by atoms with Crippen LogP contribution in [0.2, 0.25) is 0 Å². The number of thiazole rings is 1. The fraction of sp³-hybridized carbons (Fsp3) is 0.286. The van der Waals surface area contributed by atoms with Crippen molar-refractivity contribution in [2.24, 2.45) is 17.3 Å². The minimum atomic E-state index is 0.801. The maximum Gasteiger partial charge on any atom is 0.411 e. The summed E-state index contributed by atoms with van der Waals surface area (Å²) in [6.07, 6.45) is 1.90. The second-order valence-electron chi connectivity index (χ2n) is 6.32. The number of aryl methyl sites for hydroxylation is 2. The third-order valence-electron chi connectivity index (χ3n) is 4.38. The van der Waals surface area contributed by atoms with Gasteiger partial charge in [0.25, 0.3) is 0 Å². The zero-order valence-electron chi connectivity index (χ0n) is 16.2. The van der Waals surface area contributed by atoms with Gasteiger partial charge in [0, 0.05) is 18.8 Å². The van der Waals surface area contributed by atoms with Crippen LogP contribution in [0.15, 0.2) is 65.0 Å². The van der Waals surface area contributed by atoms with Crippen LogP contribution in [0, 0.1) is 6.92 Å². The van der Waals surface area contributed by atoms with E-state index in [1.807, 2.05) is 29.9 Å². The topological polar surface area (TPSA) is 41.1 Å². The highest BCUT2D eigenvalue weighted by atomic mass is 32.1. The molecule has 1 aromatic heterocycles.